The molecule has 0 amide bonds. The summed E-state index contributed by atoms with van der Waals surface area (Å²) < 4.78 is 6.10. The van der Waals surface area contributed by atoms with Gasteiger partial charge < -0.3 is 9.64 Å². The van der Waals surface area contributed by atoms with Crippen molar-refractivity contribution in [1.29, 1.82) is 0 Å². The van der Waals surface area contributed by atoms with Gasteiger partial charge in [0.15, 0.2) is 0 Å². The molecule has 1 saturated carbocycles. The van der Waals surface area contributed by atoms with Crippen LogP contribution in [-0.4, -0.2) is 65.6 Å². The monoisotopic (exact) mass is 323 g/mol. The van der Waals surface area contributed by atoms with E-state index < -0.39 is 0 Å². The quantitative estimate of drug-likeness (QED) is 0.587. The maximum Gasteiger partial charge on any atom is 0.0854 e. The van der Waals surface area contributed by atoms with Gasteiger partial charge in [-0.3, -0.25) is 9.89 Å². The highest BCUT2D eigenvalue weighted by atomic mass is 16.5. The van der Waals surface area contributed by atoms with Crippen LogP contribution in [0, 0.1) is 0 Å². The zero-order chi connectivity index (χ0) is 17.1. The Morgan fingerprint density at radius 2 is 1.43 bits per heavy atom. The van der Waals surface area contributed by atoms with Gasteiger partial charge in [-0.2, -0.15) is 0 Å². The first kappa shape index (κ1) is 18.7. The molecule has 0 aromatic heterocycles. The molecule has 2 fully saturated rings. The third-order valence-corrected chi connectivity index (χ3v) is 4.87. The summed E-state index contributed by atoms with van der Waals surface area (Å²) in [5, 5.41) is 0. The third kappa shape index (κ3) is 6.42. The molecule has 0 aromatic rings. The van der Waals surface area contributed by atoms with E-state index in [1.54, 1.807) is 0 Å². The summed E-state index contributed by atoms with van der Waals surface area (Å²) in [6.45, 7) is 17.8. The Morgan fingerprint density at radius 1 is 0.870 bits per heavy atom. The number of piperazine rings is 1. The van der Waals surface area contributed by atoms with Crippen molar-refractivity contribution in [3.63, 3.8) is 0 Å². The maximum atomic E-state index is 6.10. The van der Waals surface area contributed by atoms with Crippen LogP contribution in [0.2, 0.25) is 0 Å². The van der Waals surface area contributed by atoms with E-state index in [1.807, 2.05) is 0 Å². The minimum Gasteiger partial charge on any atom is -0.373 e. The summed E-state index contributed by atoms with van der Waals surface area (Å²) in [5.74, 6) is 0. The van der Waals surface area contributed by atoms with Crippen LogP contribution in [0.3, 0.4) is 0 Å². The highest BCUT2D eigenvalue weighted by molar-refractivity contribution is 5.55. The average molecular weight is 324 g/mol. The zero-order valence-electron chi connectivity index (χ0n) is 16.1. The summed E-state index contributed by atoms with van der Waals surface area (Å²) in [7, 11) is 0. The normalized spacial score (nSPS) is 28.5. The van der Waals surface area contributed by atoms with Crippen molar-refractivity contribution in [2.75, 3.05) is 26.2 Å². The Kier molecular flexibility index (Phi) is 6.12. The fourth-order valence-electron chi connectivity index (χ4n) is 3.51. The van der Waals surface area contributed by atoms with Crippen molar-refractivity contribution < 1.29 is 4.74 Å². The first-order valence-electron chi connectivity index (χ1n) is 9.34. The molecule has 2 aliphatic rings. The second-order valence-electron chi connectivity index (χ2n) is 9.12. The van der Waals surface area contributed by atoms with Gasteiger partial charge in [-0.05, 0) is 67.2 Å². The van der Waals surface area contributed by atoms with Crippen LogP contribution in [-0.2, 0) is 4.74 Å². The number of aliphatic imine (C=N–C) groups is 1. The molecule has 0 spiro atoms. The van der Waals surface area contributed by atoms with E-state index in [0.717, 1.165) is 39.0 Å². The lowest BCUT2D eigenvalue weighted by atomic mass is 9.93. The van der Waals surface area contributed by atoms with Gasteiger partial charge in [0.1, 0.15) is 0 Å². The van der Waals surface area contributed by atoms with Crippen LogP contribution in [0.4, 0.5) is 0 Å². The van der Waals surface area contributed by atoms with Crippen molar-refractivity contribution in [3.8, 4) is 0 Å². The Labute approximate surface area is 143 Å². The van der Waals surface area contributed by atoms with E-state index in [9.17, 15) is 0 Å². The number of rotatable bonds is 3. The second kappa shape index (κ2) is 7.52. The predicted octanol–water partition coefficient (Wildman–Crippen LogP) is 3.56. The van der Waals surface area contributed by atoms with Gasteiger partial charge in [0.25, 0.3) is 0 Å². The predicted molar refractivity (Wildman–Crippen MR) is 98.3 cm³/mol. The van der Waals surface area contributed by atoms with Gasteiger partial charge in [-0.25, -0.2) is 0 Å². The van der Waals surface area contributed by atoms with Gasteiger partial charge in [-0.1, -0.05) is 0 Å². The SMILES string of the molecule is CC(C)(C)OC1CCC(/N=C/N2CCN(C(C)(C)C)CC2)CC1. The molecule has 1 heterocycles. The number of hydrogen-bond donors (Lipinski definition) is 0. The van der Waals surface area contributed by atoms with Crippen LogP contribution in [0.15, 0.2) is 4.99 Å². The molecule has 0 unspecified atom stereocenters. The molecule has 0 bridgehead atoms. The van der Waals surface area contributed by atoms with E-state index in [0.29, 0.717) is 12.1 Å². The molecule has 0 atom stereocenters. The molecule has 134 valence electrons. The van der Waals surface area contributed by atoms with E-state index in [1.165, 1.54) is 12.8 Å². The molecule has 1 saturated heterocycles. The molecule has 0 radical (unpaired) electrons. The highest BCUT2D eigenvalue weighted by Crippen LogP contribution is 2.26. The standard InChI is InChI=1S/C19H37N3O/c1-18(2,3)22-13-11-21(12-14-22)15-20-16-7-9-17(10-8-16)23-19(4,5)6/h15-17H,7-14H2,1-6H3/b20-15+. The minimum absolute atomic E-state index is 0.0203. The minimum atomic E-state index is -0.0203. The molecular formula is C19H37N3O. The fourth-order valence-corrected chi connectivity index (χ4v) is 3.51. The molecule has 4 heteroatoms. The molecule has 4 nitrogen and oxygen atoms in total. The lowest BCUT2D eigenvalue weighted by Gasteiger charge is -2.41. The molecule has 0 N–H and O–H groups in total. The second-order valence-corrected chi connectivity index (χ2v) is 9.12. The van der Waals surface area contributed by atoms with Crippen molar-refractivity contribution in [2.45, 2.75) is 90.5 Å². The Bertz CT molecular complexity index is 378. The van der Waals surface area contributed by atoms with Crippen LogP contribution in [0.5, 0.6) is 0 Å². The summed E-state index contributed by atoms with van der Waals surface area (Å²) in [6.07, 6.45) is 7.18. The van der Waals surface area contributed by atoms with Crippen molar-refractivity contribution in [3.05, 3.63) is 0 Å². The van der Waals surface area contributed by atoms with Crippen molar-refractivity contribution in [1.82, 2.24) is 9.80 Å². The number of nitrogens with zero attached hydrogens (tertiary/aromatic N) is 3. The first-order valence-corrected chi connectivity index (χ1v) is 9.34. The van der Waals surface area contributed by atoms with Gasteiger partial charge in [-0.15, -0.1) is 0 Å². The van der Waals surface area contributed by atoms with Gasteiger partial charge in [0.2, 0.25) is 0 Å². The van der Waals surface area contributed by atoms with E-state index >= 15 is 0 Å². The Morgan fingerprint density at radius 3 is 1.91 bits per heavy atom. The van der Waals surface area contributed by atoms with Crippen LogP contribution >= 0.6 is 0 Å². The Hall–Kier alpha value is -0.610. The molecular weight excluding hydrogens is 286 g/mol. The fraction of sp³-hybridized carbons (Fsp3) is 0.947. The van der Waals surface area contributed by atoms with Gasteiger partial charge in [0.05, 0.1) is 24.1 Å². The topological polar surface area (TPSA) is 28.1 Å². The molecule has 1 aliphatic heterocycles. The summed E-state index contributed by atoms with van der Waals surface area (Å²) in [6, 6.07) is 0.496. The molecule has 1 aliphatic carbocycles. The van der Waals surface area contributed by atoms with E-state index in [4.69, 9.17) is 9.73 Å². The molecule has 23 heavy (non-hydrogen) atoms. The third-order valence-electron chi connectivity index (χ3n) is 4.87. The lowest BCUT2D eigenvalue weighted by molar-refractivity contribution is -0.0747. The van der Waals surface area contributed by atoms with E-state index in [-0.39, 0.29) is 11.1 Å². The number of ether oxygens (including phenoxy) is 1. The van der Waals surface area contributed by atoms with Crippen LogP contribution < -0.4 is 0 Å². The van der Waals surface area contributed by atoms with Crippen LogP contribution in [0.1, 0.15) is 67.2 Å². The van der Waals surface area contributed by atoms with Gasteiger partial charge >= 0.3 is 0 Å². The zero-order valence-corrected chi connectivity index (χ0v) is 16.1. The van der Waals surface area contributed by atoms with Crippen molar-refractivity contribution >= 4 is 6.34 Å². The first-order chi connectivity index (χ1) is 10.6. The maximum absolute atomic E-state index is 6.10. The molecule has 0 aromatic carbocycles. The Balaban J connectivity index is 1.70. The van der Waals surface area contributed by atoms with Gasteiger partial charge in [0, 0.05) is 31.7 Å². The lowest BCUT2D eigenvalue weighted by Crippen LogP contribution is -2.53. The highest BCUT2D eigenvalue weighted by Gasteiger charge is 2.26. The summed E-state index contributed by atoms with van der Waals surface area (Å²) >= 11 is 0. The summed E-state index contributed by atoms with van der Waals surface area (Å²) in [5.41, 5.74) is 0.266. The smallest absolute Gasteiger partial charge is 0.0854 e. The average Bonchev–Trinajstić information content (AvgIpc) is 2.44. The van der Waals surface area contributed by atoms with Crippen LogP contribution in [0.25, 0.3) is 0 Å². The molecule has 2 rings (SSSR count). The van der Waals surface area contributed by atoms with Crippen molar-refractivity contribution in [2.24, 2.45) is 4.99 Å². The van der Waals surface area contributed by atoms with E-state index in [2.05, 4.69) is 57.7 Å². The summed E-state index contributed by atoms with van der Waals surface area (Å²) in [4.78, 5) is 9.80. The number of hydrogen-bond acceptors (Lipinski definition) is 3. The largest absolute Gasteiger partial charge is 0.373 e.